The number of benzene rings is 1. The molecule has 0 bridgehead atoms. The number of hydrogen-bond acceptors (Lipinski definition) is 7. The number of rotatable bonds is 4. The molecule has 2 aromatic rings. The fraction of sp³-hybridized carbons (Fsp3) is 0.125. The number of aliphatic hydroxyl groups is 1. The van der Waals surface area contributed by atoms with Crippen LogP contribution in [0.4, 0.5) is 11.4 Å². The first-order valence-electron chi connectivity index (χ1n) is 6.86. The van der Waals surface area contributed by atoms with Crippen LogP contribution in [0.3, 0.4) is 0 Å². The lowest BCUT2D eigenvalue weighted by molar-refractivity contribution is -0.394. The van der Waals surface area contributed by atoms with Gasteiger partial charge in [-0.15, -0.1) is 26.0 Å². The fourth-order valence-corrected chi connectivity index (χ4v) is 1.54. The van der Waals surface area contributed by atoms with Gasteiger partial charge in [-0.25, -0.2) is 9.78 Å². The van der Waals surface area contributed by atoms with E-state index in [0.717, 1.165) is 6.07 Å². The number of terminal acetylenes is 1. The quantitative estimate of drug-likeness (QED) is 0.354. The molecule has 0 amide bonds. The average Bonchev–Trinajstić information content (AvgIpc) is 3.11. The molecule has 1 aromatic carbocycles. The normalized spacial score (nSPS) is 8.44. The van der Waals surface area contributed by atoms with E-state index < -0.39 is 22.4 Å². The molecule has 0 aliphatic carbocycles. The number of carboxylic acid groups (broad SMARTS) is 1. The SMILES string of the molecule is C#C.C=C.Cc1cn(-c2ccc([N+](=O)[O-])cc2[N+](=O)[O-])cn1.O=C(O)CO. The molecule has 2 N–H and O–H groups in total. The van der Waals surface area contributed by atoms with Gasteiger partial charge in [-0.2, -0.15) is 0 Å². The van der Waals surface area contributed by atoms with E-state index >= 15 is 0 Å². The number of aliphatic hydroxyl groups excluding tert-OH is 1. The molecule has 11 heteroatoms. The van der Waals surface area contributed by atoms with Gasteiger partial charge in [0.2, 0.25) is 0 Å². The third kappa shape index (κ3) is 8.57. The summed E-state index contributed by atoms with van der Waals surface area (Å²) in [6, 6.07) is 3.49. The highest BCUT2D eigenvalue weighted by Gasteiger charge is 2.20. The highest BCUT2D eigenvalue weighted by molar-refractivity contribution is 5.67. The molecule has 1 aromatic heterocycles. The van der Waals surface area contributed by atoms with Crippen LogP contribution in [0, 0.1) is 40.0 Å². The van der Waals surface area contributed by atoms with Gasteiger partial charge >= 0.3 is 5.97 Å². The van der Waals surface area contributed by atoms with Crippen LogP contribution in [-0.2, 0) is 4.79 Å². The number of aliphatic carboxylic acids is 1. The van der Waals surface area contributed by atoms with Crippen LogP contribution in [0.2, 0.25) is 0 Å². The first kappa shape index (κ1) is 25.2. The maximum absolute atomic E-state index is 10.9. The lowest BCUT2D eigenvalue weighted by Crippen LogP contribution is -1.99. The average molecular weight is 378 g/mol. The Kier molecular flexibility index (Phi) is 12.4. The van der Waals surface area contributed by atoms with E-state index in [9.17, 15) is 20.2 Å². The molecule has 144 valence electrons. The number of carbonyl (C=O) groups is 1. The lowest BCUT2D eigenvalue weighted by Gasteiger charge is -2.02. The highest BCUT2D eigenvalue weighted by Crippen LogP contribution is 2.27. The molecule has 0 saturated heterocycles. The van der Waals surface area contributed by atoms with E-state index in [1.54, 1.807) is 13.1 Å². The Morgan fingerprint density at radius 3 is 2.11 bits per heavy atom. The summed E-state index contributed by atoms with van der Waals surface area (Å²) in [4.78, 5) is 33.3. The summed E-state index contributed by atoms with van der Waals surface area (Å²) in [5, 5.41) is 36.5. The second-order valence-corrected chi connectivity index (χ2v) is 4.16. The zero-order chi connectivity index (χ0) is 21.6. The number of aromatic nitrogens is 2. The molecular formula is C16H18N4O7. The smallest absolute Gasteiger partial charge is 0.329 e. The summed E-state index contributed by atoms with van der Waals surface area (Å²) in [6.07, 6.45) is 11.0. The standard InChI is InChI=1S/C10H8N4O4.C2H4O3.C2H4.C2H2/c1-7-5-12(6-11-7)9-3-2-8(13(15)16)4-10(9)14(17)18;3-1-2(4)5;2*1-2/h2-6H,1H3;3H,1H2,(H,4,5);1-2H2;1-2H. The van der Waals surface area contributed by atoms with Gasteiger partial charge in [-0.1, -0.05) is 0 Å². The molecular weight excluding hydrogens is 360 g/mol. The molecule has 0 radical (unpaired) electrons. The Morgan fingerprint density at radius 1 is 1.26 bits per heavy atom. The molecule has 0 saturated carbocycles. The first-order chi connectivity index (χ1) is 12.8. The van der Waals surface area contributed by atoms with Gasteiger partial charge in [0, 0.05) is 12.3 Å². The predicted molar refractivity (Wildman–Crippen MR) is 97.5 cm³/mol. The van der Waals surface area contributed by atoms with Crippen molar-refractivity contribution in [2.75, 3.05) is 6.61 Å². The minimum Gasteiger partial charge on any atom is -0.480 e. The van der Waals surface area contributed by atoms with Crippen molar-refractivity contribution < 1.29 is 24.9 Å². The van der Waals surface area contributed by atoms with E-state index in [4.69, 9.17) is 15.0 Å². The third-order valence-corrected chi connectivity index (χ3v) is 2.49. The van der Waals surface area contributed by atoms with Crippen molar-refractivity contribution in [1.29, 1.82) is 0 Å². The summed E-state index contributed by atoms with van der Waals surface area (Å²) < 4.78 is 1.46. The third-order valence-electron chi connectivity index (χ3n) is 2.49. The monoisotopic (exact) mass is 378 g/mol. The van der Waals surface area contributed by atoms with Crippen LogP contribution in [0.1, 0.15) is 5.69 Å². The van der Waals surface area contributed by atoms with E-state index in [2.05, 4.69) is 31.0 Å². The van der Waals surface area contributed by atoms with Crippen LogP contribution in [0.25, 0.3) is 5.69 Å². The summed E-state index contributed by atoms with van der Waals surface area (Å²) in [6.45, 7) is 6.97. The topological polar surface area (TPSA) is 162 Å². The van der Waals surface area contributed by atoms with Gasteiger partial charge in [-0.05, 0) is 13.0 Å². The van der Waals surface area contributed by atoms with Crippen LogP contribution in [-0.4, -0.2) is 42.2 Å². The molecule has 1 heterocycles. The summed E-state index contributed by atoms with van der Waals surface area (Å²) in [5.41, 5.74) is 0.290. The Labute approximate surface area is 154 Å². The molecule has 0 spiro atoms. The molecule has 0 atom stereocenters. The van der Waals surface area contributed by atoms with Crippen molar-refractivity contribution in [3.8, 4) is 18.5 Å². The Bertz CT molecular complexity index is 799. The van der Waals surface area contributed by atoms with Gasteiger partial charge in [0.25, 0.3) is 11.4 Å². The second kappa shape index (κ2) is 13.3. The minimum atomic E-state index is -1.19. The van der Waals surface area contributed by atoms with Crippen molar-refractivity contribution in [2.24, 2.45) is 0 Å². The first-order valence-corrected chi connectivity index (χ1v) is 6.86. The molecule has 0 aliphatic rings. The van der Waals surface area contributed by atoms with Crippen LogP contribution >= 0.6 is 0 Å². The van der Waals surface area contributed by atoms with Crippen LogP contribution < -0.4 is 0 Å². The Balaban J connectivity index is 0. The van der Waals surface area contributed by atoms with Crippen molar-refractivity contribution in [3.05, 3.63) is 69.8 Å². The van der Waals surface area contributed by atoms with E-state index in [1.807, 2.05) is 0 Å². The molecule has 11 nitrogen and oxygen atoms in total. The minimum absolute atomic E-state index is 0.242. The summed E-state index contributed by atoms with van der Waals surface area (Å²) in [7, 11) is 0. The maximum Gasteiger partial charge on any atom is 0.329 e. The van der Waals surface area contributed by atoms with Crippen molar-refractivity contribution in [2.45, 2.75) is 6.92 Å². The van der Waals surface area contributed by atoms with Crippen LogP contribution in [0.15, 0.2) is 43.9 Å². The maximum atomic E-state index is 10.9. The van der Waals surface area contributed by atoms with E-state index in [1.165, 1.54) is 23.0 Å². The van der Waals surface area contributed by atoms with Crippen molar-refractivity contribution in [3.63, 3.8) is 0 Å². The van der Waals surface area contributed by atoms with Crippen LogP contribution in [0.5, 0.6) is 0 Å². The highest BCUT2D eigenvalue weighted by atomic mass is 16.6. The number of nitrogens with zero attached hydrogens (tertiary/aromatic N) is 4. The molecule has 0 unspecified atom stereocenters. The predicted octanol–water partition coefficient (Wildman–Crippen LogP) is 2.11. The number of aryl methyl sites for hydroxylation is 1. The van der Waals surface area contributed by atoms with Gasteiger partial charge in [0.05, 0.1) is 27.9 Å². The zero-order valence-corrected chi connectivity index (χ0v) is 14.4. The van der Waals surface area contributed by atoms with Gasteiger partial charge in [0.15, 0.2) is 0 Å². The molecule has 0 fully saturated rings. The van der Waals surface area contributed by atoms with Crippen molar-refractivity contribution >= 4 is 17.3 Å². The Morgan fingerprint density at radius 2 is 1.78 bits per heavy atom. The van der Waals surface area contributed by atoms with E-state index in [0.29, 0.717) is 5.69 Å². The number of hydrogen-bond donors (Lipinski definition) is 2. The fourth-order valence-electron chi connectivity index (χ4n) is 1.54. The largest absolute Gasteiger partial charge is 0.480 e. The molecule has 2 rings (SSSR count). The number of nitro benzene ring substituents is 2. The van der Waals surface area contributed by atoms with Gasteiger partial charge in [0.1, 0.15) is 12.3 Å². The number of imidazole rings is 1. The number of nitro groups is 2. The number of carboxylic acids is 1. The van der Waals surface area contributed by atoms with E-state index in [-0.39, 0.29) is 17.1 Å². The number of non-ortho nitro benzene ring substituents is 1. The Hall–Kier alpha value is -4.04. The lowest BCUT2D eigenvalue weighted by atomic mass is 10.2. The summed E-state index contributed by atoms with van der Waals surface area (Å²) >= 11 is 0. The van der Waals surface area contributed by atoms with Gasteiger partial charge in [-0.3, -0.25) is 24.8 Å². The summed E-state index contributed by atoms with van der Waals surface area (Å²) in [5.74, 6) is -1.19. The van der Waals surface area contributed by atoms with Crippen molar-refractivity contribution in [1.82, 2.24) is 9.55 Å². The zero-order valence-electron chi connectivity index (χ0n) is 14.4. The van der Waals surface area contributed by atoms with Gasteiger partial charge < -0.3 is 10.2 Å². The molecule has 0 aliphatic heterocycles. The second-order valence-electron chi connectivity index (χ2n) is 4.16. The molecule has 27 heavy (non-hydrogen) atoms.